The second kappa shape index (κ2) is 5.61. The van der Waals surface area contributed by atoms with Gasteiger partial charge in [0.15, 0.2) is 0 Å². The molecule has 100 valence electrons. The van der Waals surface area contributed by atoms with Crippen LogP contribution in [-0.2, 0) is 6.18 Å². The van der Waals surface area contributed by atoms with Crippen LogP contribution in [0.3, 0.4) is 0 Å². The maximum absolute atomic E-state index is 12.7. The lowest BCUT2D eigenvalue weighted by Crippen LogP contribution is -2.24. The third kappa shape index (κ3) is 3.38. The Kier molecular flexibility index (Phi) is 4.11. The first-order valence-electron chi connectivity index (χ1n) is 6.21. The minimum atomic E-state index is -4.30. The lowest BCUT2D eigenvalue weighted by atomic mass is 10.1. The number of benzene rings is 1. The average molecular weight is 258 g/mol. The van der Waals surface area contributed by atoms with Gasteiger partial charge in [-0.25, -0.2) is 0 Å². The van der Waals surface area contributed by atoms with E-state index in [9.17, 15) is 13.2 Å². The number of rotatable bonds is 4. The largest absolute Gasteiger partial charge is 0.418 e. The first-order valence-corrected chi connectivity index (χ1v) is 6.21. The summed E-state index contributed by atoms with van der Waals surface area (Å²) < 4.78 is 38.2. The summed E-state index contributed by atoms with van der Waals surface area (Å²) in [5, 5.41) is 6.21. The lowest BCUT2D eigenvalue weighted by molar-refractivity contribution is -0.136. The standard InChI is InChI=1S/C13H17F3N2/c14-13(15,16)11-5-1-2-6-12(11)18-9-7-10-4-3-8-17-10/h1-2,5-6,10,17-18H,3-4,7-9H2/t10-/m1/s1. The Balaban J connectivity index is 1.92. The highest BCUT2D eigenvalue weighted by molar-refractivity contribution is 5.52. The van der Waals surface area contributed by atoms with Gasteiger partial charge in [0.25, 0.3) is 0 Å². The quantitative estimate of drug-likeness (QED) is 0.866. The summed E-state index contributed by atoms with van der Waals surface area (Å²) in [5.41, 5.74) is -0.424. The molecule has 1 fully saturated rings. The van der Waals surface area contributed by atoms with Crippen molar-refractivity contribution < 1.29 is 13.2 Å². The zero-order valence-electron chi connectivity index (χ0n) is 10.1. The van der Waals surface area contributed by atoms with Crippen LogP contribution in [0.1, 0.15) is 24.8 Å². The van der Waals surface area contributed by atoms with E-state index in [2.05, 4.69) is 10.6 Å². The van der Waals surface area contributed by atoms with Crippen LogP contribution < -0.4 is 10.6 Å². The van der Waals surface area contributed by atoms with Gasteiger partial charge in [-0.3, -0.25) is 0 Å². The zero-order chi connectivity index (χ0) is 13.0. The molecule has 1 heterocycles. The first-order chi connectivity index (χ1) is 8.57. The van der Waals surface area contributed by atoms with Crippen LogP contribution in [0.25, 0.3) is 0 Å². The topological polar surface area (TPSA) is 24.1 Å². The van der Waals surface area contributed by atoms with Gasteiger partial charge in [-0.2, -0.15) is 13.2 Å². The third-order valence-electron chi connectivity index (χ3n) is 3.20. The average Bonchev–Trinajstić information content (AvgIpc) is 2.81. The predicted molar refractivity (Wildman–Crippen MR) is 65.6 cm³/mol. The SMILES string of the molecule is FC(F)(F)c1ccccc1NCC[C@H]1CCCN1. The molecule has 0 radical (unpaired) electrons. The van der Waals surface area contributed by atoms with Gasteiger partial charge in [-0.1, -0.05) is 12.1 Å². The Morgan fingerprint density at radius 2 is 2.06 bits per heavy atom. The number of halogens is 3. The lowest BCUT2D eigenvalue weighted by Gasteiger charge is -2.16. The van der Waals surface area contributed by atoms with Crippen molar-refractivity contribution in [2.24, 2.45) is 0 Å². The summed E-state index contributed by atoms with van der Waals surface area (Å²) >= 11 is 0. The normalized spacial score (nSPS) is 20.1. The van der Waals surface area contributed by atoms with Crippen LogP contribution in [0.15, 0.2) is 24.3 Å². The summed E-state index contributed by atoms with van der Waals surface area (Å²) in [6.07, 6.45) is -1.17. The summed E-state index contributed by atoms with van der Waals surface area (Å²) in [4.78, 5) is 0. The van der Waals surface area contributed by atoms with Gasteiger partial charge >= 0.3 is 6.18 Å². The summed E-state index contributed by atoms with van der Waals surface area (Å²) in [5.74, 6) is 0. The first kappa shape index (κ1) is 13.2. The van der Waals surface area contributed by atoms with Crippen molar-refractivity contribution in [3.05, 3.63) is 29.8 Å². The minimum Gasteiger partial charge on any atom is -0.384 e. The van der Waals surface area contributed by atoms with Gasteiger partial charge in [0.05, 0.1) is 5.56 Å². The molecule has 2 nitrogen and oxygen atoms in total. The van der Waals surface area contributed by atoms with Gasteiger partial charge < -0.3 is 10.6 Å². The van der Waals surface area contributed by atoms with E-state index in [1.807, 2.05) is 0 Å². The van der Waals surface area contributed by atoms with Crippen molar-refractivity contribution in [1.82, 2.24) is 5.32 Å². The highest BCUT2D eigenvalue weighted by atomic mass is 19.4. The molecule has 0 saturated carbocycles. The van der Waals surface area contributed by atoms with Gasteiger partial charge in [0, 0.05) is 18.3 Å². The molecule has 0 bridgehead atoms. The number of para-hydroxylation sites is 1. The molecule has 0 amide bonds. The number of nitrogens with one attached hydrogen (secondary N) is 2. The predicted octanol–water partition coefficient (Wildman–Crippen LogP) is 3.26. The van der Waals surface area contributed by atoms with Gasteiger partial charge in [0.2, 0.25) is 0 Å². The smallest absolute Gasteiger partial charge is 0.384 e. The Hall–Kier alpha value is -1.23. The fourth-order valence-electron chi connectivity index (χ4n) is 2.27. The van der Waals surface area contributed by atoms with Crippen LogP contribution in [0.2, 0.25) is 0 Å². The molecule has 5 heteroatoms. The molecular weight excluding hydrogens is 241 g/mol. The third-order valence-corrected chi connectivity index (χ3v) is 3.20. The zero-order valence-corrected chi connectivity index (χ0v) is 10.1. The number of anilines is 1. The van der Waals surface area contributed by atoms with E-state index >= 15 is 0 Å². The van der Waals surface area contributed by atoms with Crippen molar-refractivity contribution in [2.75, 3.05) is 18.4 Å². The van der Waals surface area contributed by atoms with Gasteiger partial charge in [0.1, 0.15) is 0 Å². The van der Waals surface area contributed by atoms with E-state index in [4.69, 9.17) is 0 Å². The van der Waals surface area contributed by atoms with Gasteiger partial charge in [-0.05, 0) is 37.9 Å². The molecule has 1 atom stereocenters. The van der Waals surface area contributed by atoms with E-state index in [-0.39, 0.29) is 5.69 Å². The molecule has 0 spiro atoms. The molecule has 0 unspecified atom stereocenters. The van der Waals surface area contributed by atoms with Crippen LogP contribution >= 0.6 is 0 Å². The Labute approximate surface area is 105 Å². The summed E-state index contributed by atoms with van der Waals surface area (Å²) in [7, 11) is 0. The van der Waals surface area contributed by atoms with Crippen LogP contribution in [-0.4, -0.2) is 19.1 Å². The maximum atomic E-state index is 12.7. The van der Waals surface area contributed by atoms with E-state index < -0.39 is 11.7 Å². The van der Waals surface area contributed by atoms with Crippen molar-refractivity contribution in [3.63, 3.8) is 0 Å². The molecule has 2 rings (SSSR count). The highest BCUT2D eigenvalue weighted by Crippen LogP contribution is 2.34. The maximum Gasteiger partial charge on any atom is 0.418 e. The van der Waals surface area contributed by atoms with Crippen LogP contribution in [0, 0.1) is 0 Å². The molecule has 18 heavy (non-hydrogen) atoms. The van der Waals surface area contributed by atoms with Crippen molar-refractivity contribution in [2.45, 2.75) is 31.5 Å². The fraction of sp³-hybridized carbons (Fsp3) is 0.538. The highest BCUT2D eigenvalue weighted by Gasteiger charge is 2.33. The monoisotopic (exact) mass is 258 g/mol. The summed E-state index contributed by atoms with van der Waals surface area (Å²) in [6, 6.07) is 6.05. The molecule has 1 saturated heterocycles. The number of hydrogen-bond acceptors (Lipinski definition) is 2. The molecule has 1 aliphatic heterocycles. The van der Waals surface area contributed by atoms with Crippen molar-refractivity contribution >= 4 is 5.69 Å². The Morgan fingerprint density at radius 3 is 2.72 bits per heavy atom. The summed E-state index contributed by atoms with van der Waals surface area (Å²) in [6.45, 7) is 1.58. The minimum absolute atomic E-state index is 0.169. The van der Waals surface area contributed by atoms with Crippen molar-refractivity contribution in [1.29, 1.82) is 0 Å². The molecule has 1 aromatic rings. The second-order valence-corrected chi connectivity index (χ2v) is 4.55. The molecule has 0 aromatic heterocycles. The van der Waals surface area contributed by atoms with E-state index in [0.717, 1.165) is 31.9 Å². The van der Waals surface area contributed by atoms with E-state index in [1.54, 1.807) is 6.07 Å². The van der Waals surface area contributed by atoms with Crippen LogP contribution in [0.5, 0.6) is 0 Å². The fourth-order valence-corrected chi connectivity index (χ4v) is 2.27. The number of alkyl halides is 3. The van der Waals surface area contributed by atoms with E-state index in [0.29, 0.717) is 12.6 Å². The van der Waals surface area contributed by atoms with Crippen LogP contribution in [0.4, 0.5) is 18.9 Å². The van der Waals surface area contributed by atoms with E-state index in [1.165, 1.54) is 12.1 Å². The Morgan fingerprint density at radius 1 is 1.28 bits per heavy atom. The van der Waals surface area contributed by atoms with Crippen molar-refractivity contribution in [3.8, 4) is 0 Å². The molecular formula is C13H17F3N2. The second-order valence-electron chi connectivity index (χ2n) is 4.55. The Bertz CT molecular complexity index is 384. The van der Waals surface area contributed by atoms with Gasteiger partial charge in [-0.15, -0.1) is 0 Å². The molecule has 0 aliphatic carbocycles. The molecule has 1 aromatic carbocycles. The molecule has 2 N–H and O–H groups in total. The number of hydrogen-bond donors (Lipinski definition) is 2. The molecule has 1 aliphatic rings.